The summed E-state index contributed by atoms with van der Waals surface area (Å²) in [5.41, 5.74) is 0. The molecule has 0 aromatic rings. The molecule has 20 heavy (non-hydrogen) atoms. The van der Waals surface area contributed by atoms with Crippen LogP contribution in [0.15, 0.2) is 0 Å². The SMILES string of the molecule is CCN1CC(C(=O)N(CCC(=O)O)CC(C)C)CC1=O. The number of hydrogen-bond acceptors (Lipinski definition) is 3. The molecule has 1 atom stereocenters. The van der Waals surface area contributed by atoms with Gasteiger partial charge in [0.2, 0.25) is 11.8 Å². The molecule has 2 amide bonds. The van der Waals surface area contributed by atoms with Gasteiger partial charge in [-0.15, -0.1) is 0 Å². The van der Waals surface area contributed by atoms with E-state index in [1.165, 1.54) is 0 Å². The Hall–Kier alpha value is -1.59. The zero-order chi connectivity index (χ0) is 15.3. The summed E-state index contributed by atoms with van der Waals surface area (Å²) in [6, 6.07) is 0. The molecule has 6 heteroatoms. The first-order valence-corrected chi connectivity index (χ1v) is 7.13. The third-order valence-electron chi connectivity index (χ3n) is 3.44. The summed E-state index contributed by atoms with van der Waals surface area (Å²) in [5, 5.41) is 8.77. The molecule has 0 aliphatic carbocycles. The molecule has 0 saturated carbocycles. The Morgan fingerprint density at radius 3 is 2.55 bits per heavy atom. The molecule has 1 rings (SSSR count). The molecule has 0 aromatic carbocycles. The monoisotopic (exact) mass is 284 g/mol. The molecule has 1 N–H and O–H groups in total. The summed E-state index contributed by atoms with van der Waals surface area (Å²) in [4.78, 5) is 38.1. The normalized spacial score (nSPS) is 18.7. The van der Waals surface area contributed by atoms with Crippen molar-refractivity contribution in [1.82, 2.24) is 9.80 Å². The van der Waals surface area contributed by atoms with Gasteiger partial charge in [-0.25, -0.2) is 0 Å². The Labute approximate surface area is 119 Å². The number of amides is 2. The van der Waals surface area contributed by atoms with Crippen LogP contribution in [0.2, 0.25) is 0 Å². The quantitative estimate of drug-likeness (QED) is 0.750. The summed E-state index contributed by atoms with van der Waals surface area (Å²) >= 11 is 0. The number of carboxylic acids is 1. The van der Waals surface area contributed by atoms with Gasteiger partial charge in [-0.05, 0) is 12.8 Å². The summed E-state index contributed by atoms with van der Waals surface area (Å²) < 4.78 is 0. The summed E-state index contributed by atoms with van der Waals surface area (Å²) in [7, 11) is 0. The van der Waals surface area contributed by atoms with Gasteiger partial charge in [-0.1, -0.05) is 13.8 Å². The van der Waals surface area contributed by atoms with Gasteiger partial charge in [0.25, 0.3) is 0 Å². The lowest BCUT2D eigenvalue weighted by molar-refractivity contribution is -0.140. The van der Waals surface area contributed by atoms with E-state index in [9.17, 15) is 14.4 Å². The van der Waals surface area contributed by atoms with Crippen LogP contribution in [0.4, 0.5) is 0 Å². The van der Waals surface area contributed by atoms with Gasteiger partial charge in [-0.3, -0.25) is 14.4 Å². The molecule has 0 aromatic heterocycles. The van der Waals surface area contributed by atoms with Crippen LogP contribution in [0, 0.1) is 11.8 Å². The minimum atomic E-state index is -0.913. The molecule has 1 unspecified atom stereocenters. The zero-order valence-electron chi connectivity index (χ0n) is 12.5. The van der Waals surface area contributed by atoms with E-state index in [-0.39, 0.29) is 43.0 Å². The van der Waals surface area contributed by atoms with Gasteiger partial charge in [0.15, 0.2) is 0 Å². The van der Waals surface area contributed by atoms with Gasteiger partial charge in [0.1, 0.15) is 0 Å². The maximum absolute atomic E-state index is 12.5. The van der Waals surface area contributed by atoms with Gasteiger partial charge < -0.3 is 14.9 Å². The van der Waals surface area contributed by atoms with Crippen LogP contribution in [0.5, 0.6) is 0 Å². The smallest absolute Gasteiger partial charge is 0.305 e. The first-order valence-electron chi connectivity index (χ1n) is 7.13. The van der Waals surface area contributed by atoms with Crippen LogP contribution in [-0.2, 0) is 14.4 Å². The Morgan fingerprint density at radius 1 is 1.45 bits per heavy atom. The highest BCUT2D eigenvalue weighted by Gasteiger charge is 2.35. The molecule has 1 heterocycles. The lowest BCUT2D eigenvalue weighted by atomic mass is 10.1. The van der Waals surface area contributed by atoms with Crippen LogP contribution < -0.4 is 0 Å². The predicted molar refractivity (Wildman–Crippen MR) is 74.0 cm³/mol. The molecular formula is C14H24N2O4. The highest BCUT2D eigenvalue weighted by atomic mass is 16.4. The molecule has 0 radical (unpaired) electrons. The Morgan fingerprint density at radius 2 is 2.10 bits per heavy atom. The maximum atomic E-state index is 12.5. The third kappa shape index (κ3) is 4.51. The second kappa shape index (κ2) is 7.26. The largest absolute Gasteiger partial charge is 0.481 e. The molecule has 1 fully saturated rings. The fourth-order valence-electron chi connectivity index (χ4n) is 2.46. The first kappa shape index (κ1) is 16.5. The lowest BCUT2D eigenvalue weighted by Crippen LogP contribution is -2.40. The van der Waals surface area contributed by atoms with E-state index in [1.807, 2.05) is 20.8 Å². The number of rotatable bonds is 7. The number of nitrogens with zero attached hydrogens (tertiary/aromatic N) is 2. The lowest BCUT2D eigenvalue weighted by Gasteiger charge is -2.26. The standard InChI is InChI=1S/C14H24N2O4/c1-4-15-9-11(7-12(15)17)14(20)16(8-10(2)3)6-5-13(18)19/h10-11H,4-9H2,1-3H3,(H,18,19). The van der Waals surface area contributed by atoms with Gasteiger partial charge in [-0.2, -0.15) is 0 Å². The first-order chi connectivity index (χ1) is 9.35. The number of likely N-dealkylation sites (tertiary alicyclic amines) is 1. The third-order valence-corrected chi connectivity index (χ3v) is 3.44. The fraction of sp³-hybridized carbons (Fsp3) is 0.786. The van der Waals surface area contributed by atoms with E-state index in [0.717, 1.165) is 0 Å². The van der Waals surface area contributed by atoms with E-state index in [2.05, 4.69) is 0 Å². The van der Waals surface area contributed by atoms with Crippen molar-refractivity contribution in [2.75, 3.05) is 26.2 Å². The molecule has 1 aliphatic heterocycles. The van der Waals surface area contributed by atoms with E-state index in [1.54, 1.807) is 9.80 Å². The predicted octanol–water partition coefficient (Wildman–Crippen LogP) is 0.814. The summed E-state index contributed by atoms with van der Waals surface area (Å²) in [6.07, 6.45) is 0.185. The van der Waals surface area contributed by atoms with Crippen molar-refractivity contribution >= 4 is 17.8 Å². The average Bonchev–Trinajstić information content (AvgIpc) is 2.74. The highest BCUT2D eigenvalue weighted by Crippen LogP contribution is 2.20. The fourth-order valence-corrected chi connectivity index (χ4v) is 2.46. The molecule has 1 saturated heterocycles. The van der Waals surface area contributed by atoms with Gasteiger partial charge in [0, 0.05) is 32.6 Å². The number of aliphatic carboxylic acids is 1. The van der Waals surface area contributed by atoms with E-state index in [4.69, 9.17) is 5.11 Å². The zero-order valence-corrected chi connectivity index (χ0v) is 12.5. The van der Waals surface area contributed by atoms with Crippen LogP contribution in [0.25, 0.3) is 0 Å². The van der Waals surface area contributed by atoms with Crippen molar-refractivity contribution in [2.24, 2.45) is 11.8 Å². The van der Waals surface area contributed by atoms with E-state index < -0.39 is 5.97 Å². The molecule has 114 valence electrons. The number of carbonyl (C=O) groups is 3. The van der Waals surface area contributed by atoms with Crippen LogP contribution in [0.1, 0.15) is 33.6 Å². The van der Waals surface area contributed by atoms with E-state index >= 15 is 0 Å². The maximum Gasteiger partial charge on any atom is 0.305 e. The van der Waals surface area contributed by atoms with Crippen molar-refractivity contribution in [3.8, 4) is 0 Å². The van der Waals surface area contributed by atoms with Gasteiger partial charge in [0.05, 0.1) is 12.3 Å². The number of carboxylic acid groups (broad SMARTS) is 1. The molecule has 6 nitrogen and oxygen atoms in total. The minimum Gasteiger partial charge on any atom is -0.481 e. The van der Waals surface area contributed by atoms with Crippen molar-refractivity contribution < 1.29 is 19.5 Å². The Balaban J connectivity index is 2.67. The van der Waals surface area contributed by atoms with Crippen LogP contribution in [-0.4, -0.2) is 58.9 Å². The topological polar surface area (TPSA) is 77.9 Å². The molecule has 0 spiro atoms. The second-order valence-electron chi connectivity index (χ2n) is 5.66. The van der Waals surface area contributed by atoms with Crippen molar-refractivity contribution in [3.63, 3.8) is 0 Å². The number of carbonyl (C=O) groups excluding carboxylic acids is 2. The van der Waals surface area contributed by atoms with Crippen LogP contribution in [0.3, 0.4) is 0 Å². The van der Waals surface area contributed by atoms with Crippen LogP contribution >= 0.6 is 0 Å². The second-order valence-corrected chi connectivity index (χ2v) is 5.66. The van der Waals surface area contributed by atoms with Crippen molar-refractivity contribution in [2.45, 2.75) is 33.6 Å². The average molecular weight is 284 g/mol. The summed E-state index contributed by atoms with van der Waals surface area (Å²) in [6.45, 7) is 7.67. The summed E-state index contributed by atoms with van der Waals surface area (Å²) in [5.74, 6) is -1.05. The van der Waals surface area contributed by atoms with E-state index in [0.29, 0.717) is 19.6 Å². The number of hydrogen-bond donors (Lipinski definition) is 1. The Kier molecular flexibility index (Phi) is 5.98. The molecule has 0 bridgehead atoms. The molecular weight excluding hydrogens is 260 g/mol. The van der Waals surface area contributed by atoms with Gasteiger partial charge >= 0.3 is 5.97 Å². The minimum absolute atomic E-state index is 0.00795. The van der Waals surface area contributed by atoms with Crippen molar-refractivity contribution in [1.29, 1.82) is 0 Å². The molecule has 1 aliphatic rings. The van der Waals surface area contributed by atoms with Crippen molar-refractivity contribution in [3.05, 3.63) is 0 Å². The Bertz CT molecular complexity index is 381. The highest BCUT2D eigenvalue weighted by molar-refractivity contribution is 5.89.